The summed E-state index contributed by atoms with van der Waals surface area (Å²) in [6.45, 7) is 6.35. The second-order valence-corrected chi connectivity index (χ2v) is 7.60. The third-order valence-electron chi connectivity index (χ3n) is 5.36. The fourth-order valence-corrected chi connectivity index (χ4v) is 3.77. The summed E-state index contributed by atoms with van der Waals surface area (Å²) in [5.74, 6) is 0.531. The Morgan fingerprint density at radius 3 is 2.67 bits per heavy atom. The standard InChI is InChI=1S/C23H26N4O3/c1-16-6-5-7-18(14-16)23(29)24-17(2)22-25-19-8-3-4-9-20(19)27(22)15-21(28)26-10-12-30-13-11-26/h3-9,14,17H,10-13,15H2,1-2H3,(H,24,29). The minimum absolute atomic E-state index is 0.0277. The van der Waals surface area contributed by atoms with Crippen LogP contribution in [-0.2, 0) is 16.1 Å². The van der Waals surface area contributed by atoms with Crippen molar-refractivity contribution in [3.63, 3.8) is 0 Å². The molecule has 2 amide bonds. The van der Waals surface area contributed by atoms with Gasteiger partial charge >= 0.3 is 0 Å². The first kappa shape index (κ1) is 20.1. The molecule has 1 saturated heterocycles. The van der Waals surface area contributed by atoms with E-state index in [1.54, 1.807) is 6.07 Å². The predicted molar refractivity (Wildman–Crippen MR) is 114 cm³/mol. The van der Waals surface area contributed by atoms with E-state index in [4.69, 9.17) is 9.72 Å². The van der Waals surface area contributed by atoms with Crippen LogP contribution >= 0.6 is 0 Å². The summed E-state index contributed by atoms with van der Waals surface area (Å²) in [6.07, 6.45) is 0. The van der Waals surface area contributed by atoms with Gasteiger partial charge in [0.1, 0.15) is 12.4 Å². The molecule has 156 valence electrons. The second-order valence-electron chi connectivity index (χ2n) is 7.60. The Bertz CT molecular complexity index is 1070. The number of amides is 2. The third kappa shape index (κ3) is 4.21. The van der Waals surface area contributed by atoms with Gasteiger partial charge < -0.3 is 19.5 Å². The summed E-state index contributed by atoms with van der Waals surface area (Å²) >= 11 is 0. The lowest BCUT2D eigenvalue weighted by Crippen LogP contribution is -2.42. The molecule has 2 heterocycles. The van der Waals surface area contributed by atoms with Crippen LogP contribution in [0.15, 0.2) is 48.5 Å². The number of hydrogen-bond donors (Lipinski definition) is 1. The number of fused-ring (bicyclic) bond motifs is 1. The normalized spacial score (nSPS) is 15.2. The predicted octanol–water partition coefficient (Wildman–Crippen LogP) is 2.69. The number of rotatable bonds is 5. The molecular formula is C23H26N4O3. The highest BCUT2D eigenvalue weighted by Crippen LogP contribution is 2.22. The van der Waals surface area contributed by atoms with Crippen molar-refractivity contribution in [2.75, 3.05) is 26.3 Å². The Morgan fingerprint density at radius 1 is 1.13 bits per heavy atom. The van der Waals surface area contributed by atoms with E-state index < -0.39 is 0 Å². The summed E-state index contributed by atoms with van der Waals surface area (Å²) in [4.78, 5) is 32.2. The molecule has 30 heavy (non-hydrogen) atoms. The topological polar surface area (TPSA) is 76.5 Å². The first-order valence-electron chi connectivity index (χ1n) is 10.2. The van der Waals surface area contributed by atoms with Crippen LogP contribution in [0.4, 0.5) is 0 Å². The van der Waals surface area contributed by atoms with E-state index >= 15 is 0 Å². The zero-order valence-electron chi connectivity index (χ0n) is 17.3. The van der Waals surface area contributed by atoms with Crippen molar-refractivity contribution >= 4 is 22.8 Å². The molecule has 0 bridgehead atoms. The number of imidazole rings is 1. The van der Waals surface area contributed by atoms with Crippen LogP contribution in [0.3, 0.4) is 0 Å². The van der Waals surface area contributed by atoms with Crippen molar-refractivity contribution < 1.29 is 14.3 Å². The van der Waals surface area contributed by atoms with Crippen LogP contribution in [0.1, 0.15) is 34.7 Å². The number of nitrogens with one attached hydrogen (secondary N) is 1. The monoisotopic (exact) mass is 406 g/mol. The van der Waals surface area contributed by atoms with Crippen LogP contribution in [0.2, 0.25) is 0 Å². The van der Waals surface area contributed by atoms with E-state index in [9.17, 15) is 9.59 Å². The van der Waals surface area contributed by atoms with Gasteiger partial charge in [0.05, 0.1) is 30.3 Å². The maximum absolute atomic E-state index is 12.9. The Balaban J connectivity index is 1.60. The van der Waals surface area contributed by atoms with Gasteiger partial charge in [-0.2, -0.15) is 0 Å². The Morgan fingerprint density at radius 2 is 1.90 bits per heavy atom. The number of para-hydroxylation sites is 2. The highest BCUT2D eigenvalue weighted by molar-refractivity contribution is 5.94. The molecule has 4 rings (SSSR count). The smallest absolute Gasteiger partial charge is 0.251 e. The number of nitrogens with zero attached hydrogens (tertiary/aromatic N) is 3. The molecule has 1 aliphatic rings. The van der Waals surface area contributed by atoms with Gasteiger partial charge in [0.25, 0.3) is 5.91 Å². The molecule has 2 aromatic carbocycles. The van der Waals surface area contributed by atoms with Crippen molar-refractivity contribution in [3.8, 4) is 0 Å². The highest BCUT2D eigenvalue weighted by Gasteiger charge is 2.23. The Hall–Kier alpha value is -3.19. The maximum Gasteiger partial charge on any atom is 0.251 e. The first-order chi connectivity index (χ1) is 14.5. The summed E-state index contributed by atoms with van der Waals surface area (Å²) in [7, 11) is 0. The Labute approximate surface area is 175 Å². The average molecular weight is 406 g/mol. The number of carbonyl (C=O) groups is 2. The molecule has 1 aliphatic heterocycles. The van der Waals surface area contributed by atoms with E-state index in [1.807, 2.05) is 65.8 Å². The minimum Gasteiger partial charge on any atom is -0.378 e. The molecule has 1 atom stereocenters. The summed E-state index contributed by atoms with van der Waals surface area (Å²) in [5.41, 5.74) is 3.32. The molecular weight excluding hydrogens is 380 g/mol. The molecule has 1 N–H and O–H groups in total. The lowest BCUT2D eigenvalue weighted by atomic mass is 10.1. The first-order valence-corrected chi connectivity index (χ1v) is 10.2. The molecule has 0 radical (unpaired) electrons. The number of ether oxygens (including phenoxy) is 1. The van der Waals surface area contributed by atoms with Gasteiger partial charge in [0, 0.05) is 18.7 Å². The fraction of sp³-hybridized carbons (Fsp3) is 0.348. The average Bonchev–Trinajstić information content (AvgIpc) is 3.13. The van der Waals surface area contributed by atoms with Gasteiger partial charge in [-0.3, -0.25) is 9.59 Å². The second kappa shape index (κ2) is 8.67. The SMILES string of the molecule is Cc1cccc(C(=O)NC(C)c2nc3ccccc3n2CC(=O)N2CCOCC2)c1. The van der Waals surface area contributed by atoms with E-state index in [2.05, 4.69) is 5.32 Å². The van der Waals surface area contributed by atoms with Crippen LogP contribution in [-0.4, -0.2) is 52.6 Å². The van der Waals surface area contributed by atoms with Gasteiger partial charge in [-0.1, -0.05) is 29.8 Å². The molecule has 0 saturated carbocycles. The lowest BCUT2D eigenvalue weighted by molar-refractivity contribution is -0.135. The minimum atomic E-state index is -0.358. The number of aromatic nitrogens is 2. The van der Waals surface area contributed by atoms with Crippen LogP contribution in [0.5, 0.6) is 0 Å². The number of morpholine rings is 1. The van der Waals surface area contributed by atoms with Crippen molar-refractivity contribution in [1.82, 2.24) is 19.8 Å². The quantitative estimate of drug-likeness (QED) is 0.707. The number of carbonyl (C=O) groups excluding carboxylic acids is 2. The maximum atomic E-state index is 12.9. The largest absolute Gasteiger partial charge is 0.378 e. The fourth-order valence-electron chi connectivity index (χ4n) is 3.77. The molecule has 3 aromatic rings. The van der Waals surface area contributed by atoms with Crippen LogP contribution < -0.4 is 5.32 Å². The molecule has 1 unspecified atom stereocenters. The van der Waals surface area contributed by atoms with Crippen molar-refractivity contribution in [1.29, 1.82) is 0 Å². The van der Waals surface area contributed by atoms with Gasteiger partial charge in [-0.05, 0) is 38.1 Å². The number of benzene rings is 2. The summed E-state index contributed by atoms with van der Waals surface area (Å²) < 4.78 is 7.26. The zero-order valence-corrected chi connectivity index (χ0v) is 17.3. The van der Waals surface area contributed by atoms with E-state index in [0.717, 1.165) is 16.6 Å². The Kier molecular flexibility index (Phi) is 5.81. The van der Waals surface area contributed by atoms with Gasteiger partial charge in [0.2, 0.25) is 5.91 Å². The van der Waals surface area contributed by atoms with Gasteiger partial charge in [0.15, 0.2) is 0 Å². The van der Waals surface area contributed by atoms with E-state index in [0.29, 0.717) is 37.7 Å². The highest BCUT2D eigenvalue weighted by atomic mass is 16.5. The molecule has 1 aromatic heterocycles. The molecule has 0 aliphatic carbocycles. The van der Waals surface area contributed by atoms with Crippen molar-refractivity contribution in [2.24, 2.45) is 0 Å². The molecule has 1 fully saturated rings. The number of aryl methyl sites for hydroxylation is 1. The van der Waals surface area contributed by atoms with E-state index in [1.165, 1.54) is 0 Å². The zero-order chi connectivity index (χ0) is 21.1. The van der Waals surface area contributed by atoms with Gasteiger partial charge in [-0.15, -0.1) is 0 Å². The molecule has 0 spiro atoms. The van der Waals surface area contributed by atoms with Crippen molar-refractivity contribution in [2.45, 2.75) is 26.4 Å². The number of hydrogen-bond acceptors (Lipinski definition) is 4. The lowest BCUT2D eigenvalue weighted by Gasteiger charge is -2.27. The molecule has 7 heteroatoms. The molecule has 7 nitrogen and oxygen atoms in total. The van der Waals surface area contributed by atoms with Crippen LogP contribution in [0.25, 0.3) is 11.0 Å². The summed E-state index contributed by atoms with van der Waals surface area (Å²) in [6, 6.07) is 14.8. The van der Waals surface area contributed by atoms with E-state index in [-0.39, 0.29) is 24.4 Å². The van der Waals surface area contributed by atoms with Crippen molar-refractivity contribution in [3.05, 3.63) is 65.5 Å². The van der Waals surface area contributed by atoms with Crippen LogP contribution in [0, 0.1) is 6.92 Å². The van der Waals surface area contributed by atoms with Gasteiger partial charge in [-0.25, -0.2) is 4.98 Å². The third-order valence-corrected chi connectivity index (χ3v) is 5.36. The summed E-state index contributed by atoms with van der Waals surface area (Å²) in [5, 5.41) is 3.03.